The molecule has 7 heteroatoms. The summed E-state index contributed by atoms with van der Waals surface area (Å²) in [6.45, 7) is 14.1. The summed E-state index contributed by atoms with van der Waals surface area (Å²) in [6.07, 6.45) is 0.309. The Hall–Kier alpha value is -1.92. The predicted molar refractivity (Wildman–Crippen MR) is 93.8 cm³/mol. The molecule has 138 valence electrons. The van der Waals surface area contributed by atoms with Crippen molar-refractivity contribution in [2.75, 3.05) is 13.1 Å². The molecule has 7 nitrogen and oxygen atoms in total. The van der Waals surface area contributed by atoms with Gasteiger partial charge in [-0.2, -0.15) is 0 Å². The average molecular weight is 347 g/mol. The number of amides is 2. The van der Waals surface area contributed by atoms with Crippen molar-refractivity contribution >= 4 is 11.8 Å². The zero-order valence-electron chi connectivity index (χ0n) is 16.1. The summed E-state index contributed by atoms with van der Waals surface area (Å²) < 4.78 is 2.14. The predicted octanol–water partition coefficient (Wildman–Crippen LogP) is 1.95. The fourth-order valence-corrected chi connectivity index (χ4v) is 3.89. The fraction of sp³-hybridized carbons (Fsp3) is 0.778. The third-order valence-electron chi connectivity index (χ3n) is 5.30. The molecule has 2 unspecified atom stereocenters. The average Bonchev–Trinajstić information content (AvgIpc) is 3.10. The molecular weight excluding hydrogens is 318 g/mol. The molecule has 2 atom stereocenters. The second-order valence-electron chi connectivity index (χ2n) is 8.51. The van der Waals surface area contributed by atoms with Crippen LogP contribution in [-0.2, 0) is 16.1 Å². The fourth-order valence-electron chi connectivity index (χ4n) is 3.89. The van der Waals surface area contributed by atoms with Gasteiger partial charge in [-0.1, -0.05) is 13.8 Å². The molecule has 1 aromatic rings. The van der Waals surface area contributed by atoms with E-state index in [-0.39, 0.29) is 29.3 Å². The zero-order chi connectivity index (χ0) is 18.5. The first-order chi connectivity index (χ1) is 11.6. The molecular formula is C18H29N5O2. The first kappa shape index (κ1) is 17.9. The Morgan fingerprint density at radius 3 is 2.44 bits per heavy atom. The van der Waals surface area contributed by atoms with Crippen molar-refractivity contribution in [3.05, 3.63) is 11.6 Å². The van der Waals surface area contributed by atoms with Crippen molar-refractivity contribution in [1.82, 2.24) is 24.6 Å². The van der Waals surface area contributed by atoms with Gasteiger partial charge in [0.05, 0.1) is 12.0 Å². The molecule has 0 bridgehead atoms. The van der Waals surface area contributed by atoms with Crippen LogP contribution < -0.4 is 0 Å². The number of carbonyl (C=O) groups excluding carboxylic acids is 2. The van der Waals surface area contributed by atoms with Gasteiger partial charge >= 0.3 is 0 Å². The number of rotatable bonds is 2. The van der Waals surface area contributed by atoms with Crippen LogP contribution in [0.2, 0.25) is 0 Å². The zero-order valence-corrected chi connectivity index (χ0v) is 16.1. The van der Waals surface area contributed by atoms with Gasteiger partial charge in [0.25, 0.3) is 0 Å². The number of likely N-dealkylation sites (tertiary alicyclic amines) is 1. The Labute approximate surface area is 149 Å². The van der Waals surface area contributed by atoms with E-state index in [0.717, 1.165) is 18.2 Å². The summed E-state index contributed by atoms with van der Waals surface area (Å²) in [7, 11) is 0. The Balaban J connectivity index is 1.77. The number of fused-ring (bicyclic) bond motifs is 1. The van der Waals surface area contributed by atoms with Gasteiger partial charge in [0, 0.05) is 37.5 Å². The molecule has 0 aromatic carbocycles. The molecule has 2 aliphatic heterocycles. The third kappa shape index (κ3) is 3.04. The highest BCUT2D eigenvalue weighted by Gasteiger charge is 2.43. The lowest BCUT2D eigenvalue weighted by atomic mass is 10.0. The van der Waals surface area contributed by atoms with E-state index >= 15 is 0 Å². The van der Waals surface area contributed by atoms with Crippen molar-refractivity contribution in [1.29, 1.82) is 0 Å². The molecule has 3 heterocycles. The van der Waals surface area contributed by atoms with Crippen LogP contribution in [0.4, 0.5) is 0 Å². The second-order valence-corrected chi connectivity index (χ2v) is 8.51. The minimum absolute atomic E-state index is 0.0629. The van der Waals surface area contributed by atoms with E-state index in [2.05, 4.69) is 28.6 Å². The highest BCUT2D eigenvalue weighted by Crippen LogP contribution is 2.32. The van der Waals surface area contributed by atoms with E-state index in [1.54, 1.807) is 0 Å². The second kappa shape index (κ2) is 6.11. The summed E-state index contributed by atoms with van der Waals surface area (Å²) in [5, 5.41) is 8.64. The normalized spacial score (nSPS) is 24.2. The summed E-state index contributed by atoms with van der Waals surface area (Å²) in [4.78, 5) is 29.1. The lowest BCUT2D eigenvalue weighted by Crippen LogP contribution is -2.46. The van der Waals surface area contributed by atoms with Crippen molar-refractivity contribution in [2.24, 2.45) is 5.92 Å². The molecule has 2 aliphatic rings. The SMILES string of the molecule is CC(C)c1nnc2n1CCN(C(=O)C1CC(=O)N(C(C)(C)C)C1)C2C. The topological polar surface area (TPSA) is 71.3 Å². The van der Waals surface area contributed by atoms with Crippen LogP contribution in [0.1, 0.15) is 71.6 Å². The summed E-state index contributed by atoms with van der Waals surface area (Å²) >= 11 is 0. The maximum atomic E-state index is 13.1. The van der Waals surface area contributed by atoms with Crippen LogP contribution in [0.15, 0.2) is 0 Å². The first-order valence-electron chi connectivity index (χ1n) is 9.15. The van der Waals surface area contributed by atoms with Gasteiger partial charge < -0.3 is 14.4 Å². The number of hydrogen-bond acceptors (Lipinski definition) is 4. The number of aromatic nitrogens is 3. The highest BCUT2D eigenvalue weighted by molar-refractivity contribution is 5.89. The molecule has 25 heavy (non-hydrogen) atoms. The van der Waals surface area contributed by atoms with Gasteiger partial charge in [-0.25, -0.2) is 0 Å². The molecule has 0 spiro atoms. The lowest BCUT2D eigenvalue weighted by Gasteiger charge is -2.36. The standard InChI is InChI=1S/C18H29N5O2/c1-11(2)15-19-20-16-12(3)21(7-8-22(15)16)17(25)13-9-14(24)23(10-13)18(4,5)6/h11-13H,7-10H2,1-6H3. The van der Waals surface area contributed by atoms with Crippen molar-refractivity contribution in [3.8, 4) is 0 Å². The van der Waals surface area contributed by atoms with Crippen molar-refractivity contribution in [2.45, 2.75) is 72.0 Å². The Bertz CT molecular complexity index is 688. The van der Waals surface area contributed by atoms with Gasteiger partial charge in [0.2, 0.25) is 11.8 Å². The number of carbonyl (C=O) groups is 2. The van der Waals surface area contributed by atoms with E-state index in [4.69, 9.17) is 0 Å². The van der Waals surface area contributed by atoms with E-state index in [0.29, 0.717) is 25.4 Å². The summed E-state index contributed by atoms with van der Waals surface area (Å²) in [5.41, 5.74) is -0.244. The monoisotopic (exact) mass is 347 g/mol. The van der Waals surface area contributed by atoms with E-state index < -0.39 is 0 Å². The smallest absolute Gasteiger partial charge is 0.228 e. The Morgan fingerprint density at radius 2 is 1.88 bits per heavy atom. The van der Waals surface area contributed by atoms with Gasteiger partial charge in [-0.15, -0.1) is 10.2 Å². The van der Waals surface area contributed by atoms with Crippen LogP contribution in [0, 0.1) is 5.92 Å². The molecule has 0 saturated carbocycles. The van der Waals surface area contributed by atoms with Crippen LogP contribution in [0.3, 0.4) is 0 Å². The first-order valence-corrected chi connectivity index (χ1v) is 9.15. The van der Waals surface area contributed by atoms with E-state index in [9.17, 15) is 9.59 Å². The lowest BCUT2D eigenvalue weighted by molar-refractivity contribution is -0.139. The molecule has 0 aliphatic carbocycles. The molecule has 2 amide bonds. The van der Waals surface area contributed by atoms with Crippen LogP contribution >= 0.6 is 0 Å². The Kier molecular flexibility index (Phi) is 4.37. The highest BCUT2D eigenvalue weighted by atomic mass is 16.2. The van der Waals surface area contributed by atoms with Crippen LogP contribution in [0.5, 0.6) is 0 Å². The minimum Gasteiger partial charge on any atom is -0.337 e. The minimum atomic E-state index is -0.256. The van der Waals surface area contributed by atoms with Crippen molar-refractivity contribution < 1.29 is 9.59 Å². The van der Waals surface area contributed by atoms with Gasteiger partial charge in [-0.3, -0.25) is 9.59 Å². The molecule has 1 fully saturated rings. The maximum Gasteiger partial charge on any atom is 0.228 e. The molecule has 3 rings (SSSR count). The van der Waals surface area contributed by atoms with Gasteiger partial charge in [0.1, 0.15) is 5.82 Å². The van der Waals surface area contributed by atoms with Crippen LogP contribution in [-0.4, -0.2) is 55.0 Å². The van der Waals surface area contributed by atoms with Crippen LogP contribution in [0.25, 0.3) is 0 Å². The maximum absolute atomic E-state index is 13.1. The summed E-state index contributed by atoms with van der Waals surface area (Å²) in [6, 6.07) is -0.111. The van der Waals surface area contributed by atoms with Gasteiger partial charge in [0.15, 0.2) is 5.82 Å². The molecule has 0 radical (unpaired) electrons. The van der Waals surface area contributed by atoms with E-state index in [1.165, 1.54) is 0 Å². The van der Waals surface area contributed by atoms with E-state index in [1.807, 2.05) is 37.5 Å². The number of nitrogens with zero attached hydrogens (tertiary/aromatic N) is 5. The van der Waals surface area contributed by atoms with Gasteiger partial charge in [-0.05, 0) is 27.7 Å². The molecule has 1 aromatic heterocycles. The Morgan fingerprint density at radius 1 is 1.20 bits per heavy atom. The summed E-state index contributed by atoms with van der Waals surface area (Å²) in [5.74, 6) is 2.01. The van der Waals surface area contributed by atoms with Crippen molar-refractivity contribution in [3.63, 3.8) is 0 Å². The number of hydrogen-bond donors (Lipinski definition) is 0. The quantitative estimate of drug-likeness (QED) is 0.820. The third-order valence-corrected chi connectivity index (χ3v) is 5.30. The molecule has 0 N–H and O–H groups in total. The molecule has 1 saturated heterocycles. The largest absolute Gasteiger partial charge is 0.337 e.